The maximum Gasteiger partial charge on any atom is 0.326 e. The topological polar surface area (TPSA) is 108 Å². The maximum absolute atomic E-state index is 12.7. The highest BCUT2D eigenvalue weighted by atomic mass is 32.1. The monoisotopic (exact) mass is 462 g/mol. The van der Waals surface area contributed by atoms with E-state index in [0.29, 0.717) is 22.8 Å². The van der Waals surface area contributed by atoms with Crippen molar-refractivity contribution in [1.29, 1.82) is 0 Å². The van der Waals surface area contributed by atoms with Crippen LogP contribution in [0.1, 0.15) is 6.92 Å². The number of fused-ring (bicyclic) bond motifs is 4. The molecule has 0 saturated carbocycles. The zero-order chi connectivity index (χ0) is 22.9. The Bertz CT molecular complexity index is 1530. The number of amides is 1. The lowest BCUT2D eigenvalue weighted by Gasteiger charge is -2.17. The number of furan rings is 1. The molecule has 3 heterocycles. The van der Waals surface area contributed by atoms with Gasteiger partial charge in [0.2, 0.25) is 5.58 Å². The van der Waals surface area contributed by atoms with Crippen molar-refractivity contribution < 1.29 is 18.7 Å². The molecule has 33 heavy (non-hydrogen) atoms. The van der Waals surface area contributed by atoms with Crippen LogP contribution in [0.5, 0.6) is 0 Å². The van der Waals surface area contributed by atoms with Crippen molar-refractivity contribution in [2.24, 2.45) is 0 Å². The molecule has 0 N–H and O–H groups in total. The number of likely N-dealkylation sites (N-methyl/N-ethyl adjacent to an activating group) is 1. The first kappa shape index (κ1) is 20.8. The molecular formula is C23H18N4O5S. The van der Waals surface area contributed by atoms with Crippen LogP contribution in [0.4, 0.5) is 5.13 Å². The first-order chi connectivity index (χ1) is 16.0. The Labute approximate surface area is 190 Å². The molecule has 5 aromatic rings. The molecule has 0 bridgehead atoms. The molecule has 3 aromatic heterocycles. The Hall–Kier alpha value is -4.05. The van der Waals surface area contributed by atoms with Crippen molar-refractivity contribution in [2.45, 2.75) is 13.5 Å². The highest BCUT2D eigenvalue weighted by Crippen LogP contribution is 2.28. The van der Waals surface area contributed by atoms with Crippen molar-refractivity contribution in [3.05, 3.63) is 65.2 Å². The van der Waals surface area contributed by atoms with Gasteiger partial charge in [-0.25, -0.2) is 9.97 Å². The Morgan fingerprint density at radius 2 is 1.94 bits per heavy atom. The summed E-state index contributed by atoms with van der Waals surface area (Å²) in [6, 6.07) is 14.8. The minimum atomic E-state index is -0.733. The van der Waals surface area contributed by atoms with Gasteiger partial charge in [0.15, 0.2) is 11.7 Å². The van der Waals surface area contributed by atoms with Crippen molar-refractivity contribution in [3.63, 3.8) is 0 Å². The predicted molar refractivity (Wildman–Crippen MR) is 124 cm³/mol. The highest BCUT2D eigenvalue weighted by molar-refractivity contribution is 7.22. The molecule has 0 aliphatic rings. The number of esters is 1. The minimum absolute atomic E-state index is 0.0653. The van der Waals surface area contributed by atoms with E-state index < -0.39 is 24.0 Å². The van der Waals surface area contributed by atoms with E-state index in [1.165, 1.54) is 22.6 Å². The van der Waals surface area contributed by atoms with E-state index in [9.17, 15) is 14.4 Å². The standard InChI is InChI=1S/C23H18N4O5S/c1-2-27(23-25-15-8-4-6-10-17(15)33-23)18(28)12-31-19(29)11-26-13-24-20-14-7-3-5-9-16(14)32-21(20)22(26)30/h3-10,13H,2,11-12H2,1H3. The molecule has 0 aliphatic carbocycles. The lowest BCUT2D eigenvalue weighted by atomic mass is 10.2. The third-order valence-electron chi connectivity index (χ3n) is 5.14. The average Bonchev–Trinajstić information content (AvgIpc) is 3.42. The zero-order valence-electron chi connectivity index (χ0n) is 17.6. The number of anilines is 1. The van der Waals surface area contributed by atoms with Gasteiger partial charge in [0.05, 0.1) is 16.5 Å². The summed E-state index contributed by atoms with van der Waals surface area (Å²) in [6.07, 6.45) is 1.27. The van der Waals surface area contributed by atoms with Gasteiger partial charge in [-0.15, -0.1) is 0 Å². The Morgan fingerprint density at radius 3 is 2.76 bits per heavy atom. The van der Waals surface area contributed by atoms with Crippen LogP contribution < -0.4 is 10.5 Å². The van der Waals surface area contributed by atoms with Crippen LogP contribution in [0, 0.1) is 0 Å². The number of aromatic nitrogens is 3. The molecule has 0 aliphatic heterocycles. The SMILES string of the molecule is CCN(C(=O)COC(=O)Cn1cnc2c(oc3ccccc32)c1=O)c1nc2ccccc2s1. The molecule has 2 aromatic carbocycles. The molecule has 0 radical (unpaired) electrons. The molecule has 1 amide bonds. The molecule has 0 spiro atoms. The fourth-order valence-corrected chi connectivity index (χ4v) is 4.57. The van der Waals surface area contributed by atoms with E-state index in [1.54, 1.807) is 12.1 Å². The summed E-state index contributed by atoms with van der Waals surface area (Å²) in [5.74, 6) is -1.13. The molecule has 166 valence electrons. The van der Waals surface area contributed by atoms with E-state index in [1.807, 2.05) is 43.3 Å². The third kappa shape index (κ3) is 3.85. The summed E-state index contributed by atoms with van der Waals surface area (Å²) in [5, 5.41) is 1.26. The predicted octanol–water partition coefficient (Wildman–Crippen LogP) is 3.35. The van der Waals surface area contributed by atoms with Crippen LogP contribution in [0.25, 0.3) is 32.3 Å². The van der Waals surface area contributed by atoms with Gasteiger partial charge in [0, 0.05) is 11.9 Å². The molecule has 10 heteroatoms. The van der Waals surface area contributed by atoms with E-state index in [0.717, 1.165) is 20.2 Å². The summed E-state index contributed by atoms with van der Waals surface area (Å²) in [6.45, 7) is 1.35. The van der Waals surface area contributed by atoms with Gasteiger partial charge in [-0.2, -0.15) is 0 Å². The van der Waals surface area contributed by atoms with Crippen molar-refractivity contribution in [3.8, 4) is 0 Å². The van der Waals surface area contributed by atoms with Gasteiger partial charge in [-0.3, -0.25) is 23.9 Å². The van der Waals surface area contributed by atoms with Crippen molar-refractivity contribution in [2.75, 3.05) is 18.1 Å². The number of hydrogen-bond acceptors (Lipinski definition) is 8. The van der Waals surface area contributed by atoms with E-state index in [4.69, 9.17) is 9.15 Å². The van der Waals surface area contributed by atoms with Crippen LogP contribution in [0.2, 0.25) is 0 Å². The summed E-state index contributed by atoms with van der Waals surface area (Å²) in [4.78, 5) is 47.9. The number of nitrogens with zero attached hydrogens (tertiary/aromatic N) is 4. The number of ether oxygens (including phenoxy) is 1. The molecular weight excluding hydrogens is 444 g/mol. The number of hydrogen-bond donors (Lipinski definition) is 0. The molecule has 0 atom stereocenters. The first-order valence-corrected chi connectivity index (χ1v) is 11.0. The second-order valence-corrected chi connectivity index (χ2v) is 8.23. The summed E-state index contributed by atoms with van der Waals surface area (Å²) in [7, 11) is 0. The number of rotatable bonds is 6. The third-order valence-corrected chi connectivity index (χ3v) is 6.20. The highest BCUT2D eigenvalue weighted by Gasteiger charge is 2.20. The van der Waals surface area contributed by atoms with Crippen LogP contribution in [0.15, 0.2) is 64.1 Å². The molecule has 0 unspecified atom stereocenters. The fourth-order valence-electron chi connectivity index (χ4n) is 3.53. The first-order valence-electron chi connectivity index (χ1n) is 10.2. The number of carbonyl (C=O) groups excluding carboxylic acids is 2. The van der Waals surface area contributed by atoms with Crippen LogP contribution >= 0.6 is 11.3 Å². The smallest absolute Gasteiger partial charge is 0.326 e. The largest absolute Gasteiger partial charge is 0.454 e. The van der Waals surface area contributed by atoms with Crippen molar-refractivity contribution >= 4 is 60.6 Å². The van der Waals surface area contributed by atoms with Gasteiger partial charge in [-0.1, -0.05) is 35.6 Å². The van der Waals surface area contributed by atoms with Crippen molar-refractivity contribution in [1.82, 2.24) is 14.5 Å². The number of para-hydroxylation sites is 2. The maximum atomic E-state index is 12.7. The second kappa shape index (κ2) is 8.47. The summed E-state index contributed by atoms with van der Waals surface area (Å²) < 4.78 is 12.8. The molecule has 9 nitrogen and oxygen atoms in total. The van der Waals surface area contributed by atoms with E-state index in [2.05, 4.69) is 9.97 Å². The molecule has 0 fully saturated rings. The van der Waals surface area contributed by atoms with E-state index in [-0.39, 0.29) is 12.1 Å². The minimum Gasteiger partial charge on any atom is -0.454 e. The number of benzene rings is 2. The normalized spacial score (nSPS) is 11.3. The second-order valence-electron chi connectivity index (χ2n) is 7.22. The quantitative estimate of drug-likeness (QED) is 0.356. The lowest BCUT2D eigenvalue weighted by molar-refractivity contribution is -0.148. The Balaban J connectivity index is 1.28. The summed E-state index contributed by atoms with van der Waals surface area (Å²) in [5.41, 5.74) is 1.34. The van der Waals surface area contributed by atoms with Gasteiger partial charge in [0.1, 0.15) is 17.6 Å². The number of thiazole rings is 1. The van der Waals surface area contributed by atoms with Crippen LogP contribution in [-0.4, -0.2) is 39.6 Å². The van der Waals surface area contributed by atoms with E-state index >= 15 is 0 Å². The van der Waals surface area contributed by atoms with Gasteiger partial charge < -0.3 is 9.15 Å². The average molecular weight is 462 g/mol. The molecule has 0 saturated heterocycles. The molecule has 5 rings (SSSR count). The lowest BCUT2D eigenvalue weighted by Crippen LogP contribution is -2.35. The van der Waals surface area contributed by atoms with Crippen LogP contribution in [-0.2, 0) is 20.9 Å². The van der Waals surface area contributed by atoms with Gasteiger partial charge >= 0.3 is 5.97 Å². The number of carbonyl (C=O) groups is 2. The zero-order valence-corrected chi connectivity index (χ0v) is 18.4. The Morgan fingerprint density at radius 1 is 1.15 bits per heavy atom. The fraction of sp³-hybridized carbons (Fsp3) is 0.174. The summed E-state index contributed by atoms with van der Waals surface area (Å²) >= 11 is 1.39. The Kier molecular flexibility index (Phi) is 5.35. The van der Waals surface area contributed by atoms with Crippen LogP contribution in [0.3, 0.4) is 0 Å². The van der Waals surface area contributed by atoms with Gasteiger partial charge in [-0.05, 0) is 31.2 Å². The van der Waals surface area contributed by atoms with Gasteiger partial charge in [0.25, 0.3) is 11.5 Å².